The highest BCUT2D eigenvalue weighted by atomic mass is 32.3. The van der Waals surface area contributed by atoms with Crippen LogP contribution >= 0.6 is 23.9 Å². The Morgan fingerprint density at radius 1 is 1.15 bits per heavy atom. The van der Waals surface area contributed by atoms with E-state index in [2.05, 4.69) is 0 Å². The van der Waals surface area contributed by atoms with Gasteiger partial charge in [-0.25, -0.2) is 18.0 Å². The van der Waals surface area contributed by atoms with Crippen molar-refractivity contribution in [2.45, 2.75) is 0 Å². The van der Waals surface area contributed by atoms with Crippen molar-refractivity contribution in [1.82, 2.24) is 3.12 Å². The first-order valence-corrected chi connectivity index (χ1v) is 5.95. The Labute approximate surface area is 82.4 Å². The van der Waals surface area contributed by atoms with Crippen molar-refractivity contribution in [2.75, 3.05) is 6.26 Å². The molecule has 0 aromatic carbocycles. The molecule has 0 bridgehead atoms. The van der Waals surface area contributed by atoms with E-state index in [1.54, 1.807) is 0 Å². The molecule has 7 nitrogen and oxygen atoms in total. The molecule has 0 aromatic heterocycles. The molecule has 0 radical (unpaired) electrons. The minimum Gasteiger partial charge on any atom is -0.472 e. The molecule has 0 atom stereocenters. The topological polar surface area (TPSA) is 112 Å². The highest BCUT2D eigenvalue weighted by Gasteiger charge is 2.25. The Morgan fingerprint density at radius 3 is 1.62 bits per heavy atom. The molecule has 0 fully saturated rings. The molecule has 0 aliphatic carbocycles. The molecule has 10 heteroatoms. The van der Waals surface area contributed by atoms with Crippen LogP contribution in [0.15, 0.2) is 0 Å². The summed E-state index contributed by atoms with van der Waals surface area (Å²) in [7, 11) is -3.86. The van der Waals surface area contributed by atoms with Gasteiger partial charge in [-0.15, -0.1) is 0 Å². The summed E-state index contributed by atoms with van der Waals surface area (Å²) in [5.74, 6) is 0. The molecule has 0 saturated carbocycles. The number of carboxylic acid groups (broad SMARTS) is 2. The molecule has 0 aliphatic rings. The maximum absolute atomic E-state index is 10.8. The van der Waals surface area contributed by atoms with Gasteiger partial charge in [0.15, 0.2) is 0 Å². The third-order valence-corrected chi connectivity index (χ3v) is 4.25. The highest BCUT2D eigenvalue weighted by Crippen LogP contribution is 2.26. The fourth-order valence-electron chi connectivity index (χ4n) is 0.282. The van der Waals surface area contributed by atoms with Crippen molar-refractivity contribution in [1.29, 1.82) is 0 Å². The van der Waals surface area contributed by atoms with Gasteiger partial charge in [0, 0.05) is 0 Å². The molecule has 0 unspecified atom stereocenters. The first-order chi connectivity index (χ1) is 5.73. The van der Waals surface area contributed by atoms with Gasteiger partial charge in [0.1, 0.15) is 0 Å². The normalized spacial score (nSPS) is 11.5. The van der Waals surface area contributed by atoms with Crippen LogP contribution < -0.4 is 0 Å². The fraction of sp³-hybridized carbons (Fsp3) is 0.333. The summed E-state index contributed by atoms with van der Waals surface area (Å²) < 4.78 is 21.7. The summed E-state index contributed by atoms with van der Waals surface area (Å²) in [6.45, 7) is 0. The zero-order chi connectivity index (χ0) is 10.6. The van der Waals surface area contributed by atoms with Gasteiger partial charge in [0.05, 0.1) is 30.2 Å². The van der Waals surface area contributed by atoms with Crippen LogP contribution in [0.4, 0.5) is 9.59 Å². The van der Waals surface area contributed by atoms with Gasteiger partial charge in [-0.2, -0.15) is 0 Å². The molecule has 0 saturated heterocycles. The lowest BCUT2D eigenvalue weighted by Gasteiger charge is -2.10. The molecule has 0 amide bonds. The SMILES string of the molecule is CS(=O)(=O)N(SC(=O)O)SC(=O)O. The zero-order valence-electron chi connectivity index (χ0n) is 6.20. The molecule has 13 heavy (non-hydrogen) atoms. The van der Waals surface area contributed by atoms with Crippen LogP contribution in [0.25, 0.3) is 0 Å². The summed E-state index contributed by atoms with van der Waals surface area (Å²) in [5.41, 5.74) is 0. The van der Waals surface area contributed by atoms with E-state index in [0.29, 0.717) is 6.26 Å². The Kier molecular flexibility index (Phi) is 4.53. The molecule has 0 spiro atoms. The number of nitrogens with zero attached hydrogens (tertiary/aromatic N) is 1. The van der Waals surface area contributed by atoms with E-state index in [0.717, 1.165) is 0 Å². The Hall–Kier alpha value is -0.450. The molecule has 0 heterocycles. The first kappa shape index (κ1) is 12.6. The molecular weight excluding hydrogens is 242 g/mol. The summed E-state index contributed by atoms with van der Waals surface area (Å²) >= 11 is -0.242. The summed E-state index contributed by atoms with van der Waals surface area (Å²) in [6, 6.07) is 0. The van der Waals surface area contributed by atoms with Gasteiger partial charge in [0.25, 0.3) is 0 Å². The van der Waals surface area contributed by atoms with Crippen LogP contribution in [0.2, 0.25) is 0 Å². The van der Waals surface area contributed by atoms with Gasteiger partial charge in [0.2, 0.25) is 10.0 Å². The van der Waals surface area contributed by atoms with Crippen molar-refractivity contribution in [3.63, 3.8) is 0 Å². The number of hydrogen-bond acceptors (Lipinski definition) is 6. The Bertz CT molecular complexity index is 293. The maximum atomic E-state index is 10.8. The van der Waals surface area contributed by atoms with E-state index in [1.807, 2.05) is 0 Å². The Morgan fingerprint density at radius 2 is 1.46 bits per heavy atom. The van der Waals surface area contributed by atoms with Crippen LogP contribution in [-0.4, -0.2) is 38.6 Å². The summed E-state index contributed by atoms with van der Waals surface area (Å²) in [5, 5.41) is 13.4. The predicted octanol–water partition coefficient (Wildman–Crippen LogP) is 0.900. The third-order valence-electron chi connectivity index (χ3n) is 0.576. The van der Waals surface area contributed by atoms with Crippen molar-refractivity contribution >= 4 is 44.5 Å². The monoisotopic (exact) mass is 247 g/mol. The number of hydrogen-bond donors (Lipinski definition) is 2. The number of sulfonamides is 1. The van der Waals surface area contributed by atoms with E-state index in [4.69, 9.17) is 10.2 Å². The van der Waals surface area contributed by atoms with Crippen molar-refractivity contribution in [3.05, 3.63) is 0 Å². The predicted molar refractivity (Wildman–Crippen MR) is 47.9 cm³/mol. The van der Waals surface area contributed by atoms with Gasteiger partial charge in [-0.05, 0) is 0 Å². The van der Waals surface area contributed by atoms with E-state index in [1.165, 1.54) is 0 Å². The molecule has 0 rings (SSSR count). The minimum atomic E-state index is -3.86. The number of rotatable bonds is 3. The van der Waals surface area contributed by atoms with E-state index < -0.39 is 20.6 Å². The minimum absolute atomic E-state index is 0.121. The van der Waals surface area contributed by atoms with Crippen LogP contribution in [0, 0.1) is 0 Å². The van der Waals surface area contributed by atoms with Crippen LogP contribution in [0.1, 0.15) is 0 Å². The first-order valence-electron chi connectivity index (χ1n) is 2.55. The van der Waals surface area contributed by atoms with Gasteiger partial charge in [-0.1, -0.05) is 3.12 Å². The molecule has 2 N–H and O–H groups in total. The van der Waals surface area contributed by atoms with Gasteiger partial charge in [-0.3, -0.25) is 0 Å². The quantitative estimate of drug-likeness (QED) is 0.707. The summed E-state index contributed by atoms with van der Waals surface area (Å²) in [6.07, 6.45) is 0.707. The van der Waals surface area contributed by atoms with Crippen molar-refractivity contribution in [3.8, 4) is 0 Å². The second-order valence-electron chi connectivity index (χ2n) is 1.67. The van der Waals surface area contributed by atoms with E-state index in [9.17, 15) is 18.0 Å². The van der Waals surface area contributed by atoms with Crippen LogP contribution in [-0.2, 0) is 10.0 Å². The van der Waals surface area contributed by atoms with Crippen LogP contribution in [0.3, 0.4) is 0 Å². The maximum Gasteiger partial charge on any atom is 0.382 e. The van der Waals surface area contributed by atoms with E-state index in [-0.39, 0.29) is 27.0 Å². The molecular formula is C3H5NO6S3. The lowest BCUT2D eigenvalue weighted by atomic mass is 11.6. The number of carbonyl (C=O) groups is 2. The molecule has 0 aliphatic heterocycles. The molecule has 0 aromatic rings. The Balaban J connectivity index is 4.57. The van der Waals surface area contributed by atoms with Gasteiger partial charge >= 0.3 is 10.6 Å². The average Bonchev–Trinajstić information content (AvgIpc) is 1.81. The van der Waals surface area contributed by atoms with Crippen molar-refractivity contribution in [2.24, 2.45) is 0 Å². The highest BCUT2D eigenvalue weighted by molar-refractivity contribution is 8.32. The third kappa shape index (κ3) is 5.74. The second-order valence-corrected chi connectivity index (χ2v) is 5.99. The zero-order valence-corrected chi connectivity index (χ0v) is 8.65. The largest absolute Gasteiger partial charge is 0.472 e. The fourth-order valence-corrected chi connectivity index (χ4v) is 2.53. The lowest BCUT2D eigenvalue weighted by Crippen LogP contribution is -2.19. The second kappa shape index (κ2) is 4.69. The lowest BCUT2D eigenvalue weighted by molar-refractivity contribution is 0.221. The average molecular weight is 247 g/mol. The summed E-state index contributed by atoms with van der Waals surface area (Å²) in [4.78, 5) is 20.2. The molecule has 76 valence electrons. The standard InChI is InChI=1S/C3H5NO6S3/c1-13(9,10)4(11-2(5)6)12-3(7)8/h1H3,(H,5,6)(H,7,8). The van der Waals surface area contributed by atoms with Crippen molar-refractivity contribution < 1.29 is 28.2 Å². The van der Waals surface area contributed by atoms with E-state index >= 15 is 0 Å². The van der Waals surface area contributed by atoms with Gasteiger partial charge < -0.3 is 10.2 Å². The smallest absolute Gasteiger partial charge is 0.382 e. The van der Waals surface area contributed by atoms with Crippen LogP contribution in [0.5, 0.6) is 0 Å².